The van der Waals surface area contributed by atoms with Gasteiger partial charge < -0.3 is 5.32 Å². The second-order valence-corrected chi connectivity index (χ2v) is 8.90. The van der Waals surface area contributed by atoms with Crippen LogP contribution in [0.3, 0.4) is 0 Å². The van der Waals surface area contributed by atoms with Gasteiger partial charge in [-0.25, -0.2) is 12.7 Å². The first kappa shape index (κ1) is 14.8. The normalized spacial score (nSPS) is 36.6. The zero-order valence-electron chi connectivity index (χ0n) is 12.6. The first-order chi connectivity index (χ1) is 9.45. The molecule has 1 aliphatic carbocycles. The van der Waals surface area contributed by atoms with Gasteiger partial charge in [0, 0.05) is 32.2 Å². The molecular weight excluding hydrogens is 274 g/mol. The van der Waals surface area contributed by atoms with Crippen LogP contribution in [0.25, 0.3) is 0 Å². The maximum absolute atomic E-state index is 11.7. The minimum Gasteiger partial charge on any atom is -0.317 e. The number of piperidine rings is 1. The summed E-state index contributed by atoms with van der Waals surface area (Å²) in [6, 6.07) is 0.989. The van der Waals surface area contributed by atoms with Crippen molar-refractivity contribution in [3.63, 3.8) is 0 Å². The van der Waals surface area contributed by atoms with E-state index in [0.717, 1.165) is 32.0 Å². The zero-order valence-corrected chi connectivity index (χ0v) is 13.4. The molecule has 5 nitrogen and oxygen atoms in total. The molecule has 2 aliphatic heterocycles. The third-order valence-corrected chi connectivity index (χ3v) is 6.96. The van der Waals surface area contributed by atoms with E-state index in [2.05, 4.69) is 10.2 Å². The summed E-state index contributed by atoms with van der Waals surface area (Å²) < 4.78 is 24.9. The third-order valence-electron chi connectivity index (χ3n) is 5.62. The van der Waals surface area contributed by atoms with Gasteiger partial charge in [0.25, 0.3) is 0 Å². The van der Waals surface area contributed by atoms with E-state index in [1.165, 1.54) is 32.2 Å². The molecule has 0 bridgehead atoms. The van der Waals surface area contributed by atoms with Crippen LogP contribution >= 0.6 is 0 Å². The lowest BCUT2D eigenvalue weighted by Gasteiger charge is -2.32. The zero-order chi connectivity index (χ0) is 14.3. The van der Waals surface area contributed by atoms with Gasteiger partial charge in [0.1, 0.15) is 0 Å². The van der Waals surface area contributed by atoms with Crippen molar-refractivity contribution in [1.82, 2.24) is 14.5 Å². The van der Waals surface area contributed by atoms with Crippen LogP contribution < -0.4 is 5.32 Å². The fraction of sp³-hybridized carbons (Fsp3) is 1.00. The van der Waals surface area contributed by atoms with Gasteiger partial charge in [-0.05, 0) is 50.6 Å². The molecule has 0 aromatic heterocycles. The SMILES string of the molecule is CN(C1C[C@@H]2CN(C3CCNCC3)C[C@@H]2C1)S(C)(=O)=O. The molecule has 0 radical (unpaired) electrons. The van der Waals surface area contributed by atoms with E-state index in [1.54, 1.807) is 11.4 Å². The third kappa shape index (κ3) is 2.89. The van der Waals surface area contributed by atoms with Gasteiger partial charge in [-0.1, -0.05) is 0 Å². The minimum absolute atomic E-state index is 0.232. The molecule has 116 valence electrons. The topological polar surface area (TPSA) is 52.6 Å². The summed E-state index contributed by atoms with van der Waals surface area (Å²) in [5.41, 5.74) is 0. The van der Waals surface area contributed by atoms with Gasteiger partial charge in [-0.2, -0.15) is 0 Å². The van der Waals surface area contributed by atoms with Gasteiger partial charge in [0.2, 0.25) is 10.0 Å². The van der Waals surface area contributed by atoms with Crippen molar-refractivity contribution in [2.75, 3.05) is 39.5 Å². The van der Waals surface area contributed by atoms with E-state index >= 15 is 0 Å². The van der Waals surface area contributed by atoms with E-state index in [-0.39, 0.29) is 6.04 Å². The quantitative estimate of drug-likeness (QED) is 0.817. The van der Waals surface area contributed by atoms with Gasteiger partial charge in [-0.3, -0.25) is 4.90 Å². The molecule has 2 heterocycles. The van der Waals surface area contributed by atoms with Gasteiger partial charge in [0.15, 0.2) is 0 Å². The second-order valence-electron chi connectivity index (χ2n) is 6.86. The van der Waals surface area contributed by atoms with Crippen LogP contribution in [0.2, 0.25) is 0 Å². The Morgan fingerprint density at radius 2 is 1.65 bits per heavy atom. The Morgan fingerprint density at radius 1 is 1.10 bits per heavy atom. The molecule has 0 spiro atoms. The number of fused-ring (bicyclic) bond motifs is 1. The van der Waals surface area contributed by atoms with Crippen LogP contribution in [0, 0.1) is 11.8 Å². The maximum atomic E-state index is 11.7. The summed E-state index contributed by atoms with van der Waals surface area (Å²) in [5.74, 6) is 1.41. The molecule has 0 aromatic carbocycles. The molecular formula is C14H27N3O2S. The molecule has 6 heteroatoms. The van der Waals surface area contributed by atoms with E-state index < -0.39 is 10.0 Å². The molecule has 0 aromatic rings. The number of hydrogen-bond donors (Lipinski definition) is 1. The molecule has 0 amide bonds. The highest BCUT2D eigenvalue weighted by atomic mass is 32.2. The molecule has 1 saturated carbocycles. The van der Waals surface area contributed by atoms with Crippen LogP contribution in [0.5, 0.6) is 0 Å². The van der Waals surface area contributed by atoms with Crippen molar-refractivity contribution >= 4 is 10.0 Å². The average Bonchev–Trinajstić information content (AvgIpc) is 2.95. The Labute approximate surface area is 122 Å². The largest absolute Gasteiger partial charge is 0.317 e. The van der Waals surface area contributed by atoms with E-state index in [1.807, 2.05) is 0 Å². The van der Waals surface area contributed by atoms with Gasteiger partial charge in [-0.15, -0.1) is 0 Å². The predicted octanol–water partition coefficient (Wildman–Crippen LogP) is 0.340. The number of hydrogen-bond acceptors (Lipinski definition) is 4. The second kappa shape index (κ2) is 5.55. The molecule has 3 aliphatic rings. The number of sulfonamides is 1. The molecule has 2 saturated heterocycles. The van der Waals surface area contributed by atoms with Crippen molar-refractivity contribution in [3.05, 3.63) is 0 Å². The smallest absolute Gasteiger partial charge is 0.211 e. The summed E-state index contributed by atoms with van der Waals surface area (Å²) in [4.78, 5) is 2.67. The van der Waals surface area contributed by atoms with E-state index in [0.29, 0.717) is 11.8 Å². The summed E-state index contributed by atoms with van der Waals surface area (Å²) in [6.45, 7) is 4.67. The fourth-order valence-electron chi connectivity index (χ4n) is 4.34. The first-order valence-corrected chi connectivity index (χ1v) is 9.67. The maximum Gasteiger partial charge on any atom is 0.211 e. The van der Waals surface area contributed by atoms with Gasteiger partial charge >= 0.3 is 0 Å². The molecule has 3 rings (SSSR count). The van der Waals surface area contributed by atoms with Gasteiger partial charge in [0.05, 0.1) is 6.26 Å². The molecule has 1 N–H and O–H groups in total. The molecule has 20 heavy (non-hydrogen) atoms. The van der Waals surface area contributed by atoms with Crippen LogP contribution in [0.15, 0.2) is 0 Å². The monoisotopic (exact) mass is 301 g/mol. The van der Waals surface area contributed by atoms with E-state index in [9.17, 15) is 8.42 Å². The van der Waals surface area contributed by atoms with Crippen molar-refractivity contribution < 1.29 is 8.42 Å². The van der Waals surface area contributed by atoms with Crippen LogP contribution in [-0.4, -0.2) is 69.2 Å². The number of nitrogens with zero attached hydrogens (tertiary/aromatic N) is 2. The predicted molar refractivity (Wildman–Crippen MR) is 80.1 cm³/mol. The molecule has 3 fully saturated rings. The molecule has 3 atom stereocenters. The van der Waals surface area contributed by atoms with Crippen LogP contribution in [0.4, 0.5) is 0 Å². The number of likely N-dealkylation sites (tertiary alicyclic amines) is 1. The molecule has 1 unspecified atom stereocenters. The number of rotatable bonds is 3. The van der Waals surface area contributed by atoms with Crippen molar-refractivity contribution in [3.8, 4) is 0 Å². The van der Waals surface area contributed by atoms with E-state index in [4.69, 9.17) is 0 Å². The summed E-state index contributed by atoms with van der Waals surface area (Å²) >= 11 is 0. The number of nitrogens with one attached hydrogen (secondary N) is 1. The van der Waals surface area contributed by atoms with Crippen LogP contribution in [0.1, 0.15) is 25.7 Å². The summed E-state index contributed by atoms with van der Waals surface area (Å²) in [5, 5.41) is 3.43. The highest BCUT2D eigenvalue weighted by molar-refractivity contribution is 7.88. The summed E-state index contributed by atoms with van der Waals surface area (Å²) in [6.07, 6.45) is 5.96. The fourth-order valence-corrected chi connectivity index (χ4v) is 5.06. The Kier molecular flexibility index (Phi) is 4.10. The lowest BCUT2D eigenvalue weighted by atomic mass is 10.0. The van der Waals surface area contributed by atoms with Crippen LogP contribution in [-0.2, 0) is 10.0 Å². The highest BCUT2D eigenvalue weighted by Gasteiger charge is 2.44. The minimum atomic E-state index is -3.04. The lowest BCUT2D eigenvalue weighted by molar-refractivity contribution is 0.179. The Morgan fingerprint density at radius 3 is 2.15 bits per heavy atom. The van der Waals surface area contributed by atoms with Crippen molar-refractivity contribution in [2.45, 2.75) is 37.8 Å². The Hall–Kier alpha value is -0.170. The Bertz CT molecular complexity index is 433. The summed E-state index contributed by atoms with van der Waals surface area (Å²) in [7, 11) is -1.30. The van der Waals surface area contributed by atoms with Crippen molar-refractivity contribution in [2.24, 2.45) is 11.8 Å². The average molecular weight is 301 g/mol. The lowest BCUT2D eigenvalue weighted by Crippen LogP contribution is -2.43. The van der Waals surface area contributed by atoms with Crippen molar-refractivity contribution in [1.29, 1.82) is 0 Å². The standard InChI is InChI=1S/C14H27N3O2S/c1-16(20(2,18)19)14-7-11-9-17(10-12(11)8-14)13-3-5-15-6-4-13/h11-15H,3-10H2,1-2H3/t11-,12+,14?. The highest BCUT2D eigenvalue weighted by Crippen LogP contribution is 2.41. The first-order valence-electron chi connectivity index (χ1n) is 7.83. The Balaban J connectivity index is 1.56.